The van der Waals surface area contributed by atoms with Crippen molar-refractivity contribution in [1.82, 2.24) is 14.8 Å². The first-order valence-corrected chi connectivity index (χ1v) is 11.5. The van der Waals surface area contributed by atoms with Gasteiger partial charge in [0.15, 0.2) is 11.4 Å². The van der Waals surface area contributed by atoms with E-state index in [-0.39, 0.29) is 18.0 Å². The van der Waals surface area contributed by atoms with Crippen molar-refractivity contribution in [3.05, 3.63) is 90.1 Å². The molecule has 8 nitrogen and oxygen atoms in total. The molecule has 1 unspecified atom stereocenters. The monoisotopic (exact) mass is 487 g/mol. The fourth-order valence-corrected chi connectivity index (χ4v) is 4.02. The van der Waals surface area contributed by atoms with Crippen molar-refractivity contribution in [2.75, 3.05) is 34.3 Å². The Hall–Kier alpha value is -4.14. The third kappa shape index (κ3) is 5.40. The smallest absolute Gasteiger partial charge is 0.343 e. The van der Waals surface area contributed by atoms with Gasteiger partial charge in [0, 0.05) is 24.2 Å². The van der Waals surface area contributed by atoms with E-state index in [1.165, 1.54) is 0 Å². The minimum absolute atomic E-state index is 0.0349. The summed E-state index contributed by atoms with van der Waals surface area (Å²) >= 11 is 0. The number of ether oxygens (including phenoxy) is 2. The normalized spacial score (nSPS) is 11.9. The molecule has 1 atom stereocenters. The van der Waals surface area contributed by atoms with Gasteiger partial charge in [-0.1, -0.05) is 30.3 Å². The van der Waals surface area contributed by atoms with Gasteiger partial charge in [0.25, 0.3) is 5.91 Å². The molecule has 0 aliphatic rings. The van der Waals surface area contributed by atoms with E-state index in [1.54, 1.807) is 54.1 Å². The first kappa shape index (κ1) is 25.0. The zero-order chi connectivity index (χ0) is 25.7. The van der Waals surface area contributed by atoms with E-state index in [2.05, 4.69) is 5.32 Å². The lowest BCUT2D eigenvalue weighted by Crippen LogP contribution is -2.38. The predicted molar refractivity (Wildman–Crippen MR) is 138 cm³/mol. The Morgan fingerprint density at radius 2 is 1.64 bits per heavy atom. The van der Waals surface area contributed by atoms with Crippen molar-refractivity contribution in [1.29, 1.82) is 0 Å². The van der Waals surface area contributed by atoms with E-state index in [0.29, 0.717) is 34.4 Å². The molecule has 1 heterocycles. The average Bonchev–Trinajstić information content (AvgIpc) is 3.21. The molecule has 3 aromatic carbocycles. The highest BCUT2D eigenvalue weighted by Gasteiger charge is 2.27. The first-order valence-electron chi connectivity index (χ1n) is 11.5. The number of esters is 1. The number of methoxy groups -OCH3 is 1. The van der Waals surface area contributed by atoms with E-state index < -0.39 is 18.0 Å². The van der Waals surface area contributed by atoms with Crippen LogP contribution < -0.4 is 14.8 Å². The van der Waals surface area contributed by atoms with Crippen LogP contribution in [0.4, 0.5) is 0 Å². The lowest BCUT2D eigenvalue weighted by Gasteiger charge is -2.17. The molecular weight excluding hydrogens is 458 g/mol. The van der Waals surface area contributed by atoms with Crippen molar-refractivity contribution < 1.29 is 24.2 Å². The minimum atomic E-state index is -0.766. The van der Waals surface area contributed by atoms with Crippen molar-refractivity contribution in [2.24, 2.45) is 0 Å². The fourth-order valence-electron chi connectivity index (χ4n) is 4.02. The number of nitrogens with zero attached hydrogens (tertiary/aromatic N) is 2. The van der Waals surface area contributed by atoms with Crippen molar-refractivity contribution in [3.63, 3.8) is 0 Å². The van der Waals surface area contributed by atoms with Gasteiger partial charge in [-0.3, -0.25) is 4.79 Å². The van der Waals surface area contributed by atoms with Gasteiger partial charge in [0.1, 0.15) is 5.75 Å². The Kier molecular flexibility index (Phi) is 7.68. The molecule has 0 saturated heterocycles. The molecule has 186 valence electrons. The molecule has 2 N–H and O–H groups in total. The number of fused-ring (bicyclic) bond motifs is 1. The summed E-state index contributed by atoms with van der Waals surface area (Å²) in [5, 5.41) is 13.7. The second-order valence-corrected chi connectivity index (χ2v) is 8.61. The molecule has 0 spiro atoms. The Morgan fingerprint density at radius 1 is 0.972 bits per heavy atom. The van der Waals surface area contributed by atoms with Crippen LogP contribution in [0.5, 0.6) is 11.5 Å². The molecular formula is C28H29N3O5. The maximum atomic E-state index is 13.6. The number of hydrogen-bond acceptors (Lipinski definition) is 6. The van der Waals surface area contributed by atoms with Gasteiger partial charge in [-0.2, -0.15) is 0 Å². The third-order valence-electron chi connectivity index (χ3n) is 5.65. The Bertz CT molecular complexity index is 1350. The van der Waals surface area contributed by atoms with Crippen LogP contribution in [0.1, 0.15) is 20.8 Å². The lowest BCUT2D eigenvalue weighted by molar-refractivity contribution is 0.0732. The van der Waals surface area contributed by atoms with Gasteiger partial charge in [0.05, 0.1) is 24.3 Å². The minimum Gasteiger partial charge on any atom is -0.497 e. The van der Waals surface area contributed by atoms with Crippen LogP contribution in [0.15, 0.2) is 78.9 Å². The van der Waals surface area contributed by atoms with Crippen LogP contribution in [0.25, 0.3) is 16.6 Å². The van der Waals surface area contributed by atoms with Gasteiger partial charge in [0.2, 0.25) is 0 Å². The van der Waals surface area contributed by atoms with Crippen molar-refractivity contribution in [2.45, 2.75) is 6.10 Å². The number of aromatic nitrogens is 1. The number of carbonyl (C=O) groups excluding carboxylic acids is 2. The number of likely N-dealkylation sites (N-methyl/N-ethyl adjacent to an activating group) is 1. The molecule has 8 heteroatoms. The molecule has 0 bridgehead atoms. The number of hydrogen-bond donors (Lipinski definition) is 2. The Morgan fingerprint density at radius 3 is 2.31 bits per heavy atom. The molecule has 36 heavy (non-hydrogen) atoms. The van der Waals surface area contributed by atoms with E-state index >= 15 is 0 Å². The molecule has 4 aromatic rings. The van der Waals surface area contributed by atoms with Gasteiger partial charge < -0.3 is 29.4 Å². The number of amides is 1. The number of nitrogens with one attached hydrogen (secondary N) is 1. The predicted octanol–water partition coefficient (Wildman–Crippen LogP) is 3.51. The highest BCUT2D eigenvalue weighted by Crippen LogP contribution is 2.36. The summed E-state index contributed by atoms with van der Waals surface area (Å²) < 4.78 is 12.9. The molecule has 4 rings (SSSR count). The highest BCUT2D eigenvalue weighted by molar-refractivity contribution is 6.07. The standard InChI is InChI=1S/C28H29N3O5/c1-30(2)18-21(32)17-29-27(33)25-26(36-28(34)19-9-5-4-6-10-19)23-11-7-8-12-24(23)31(25)20-13-15-22(35-3)16-14-20/h4-16,21,32H,17-18H2,1-3H3,(H,29,33). The fraction of sp³-hybridized carbons (Fsp3) is 0.214. The molecule has 0 radical (unpaired) electrons. The zero-order valence-electron chi connectivity index (χ0n) is 20.5. The van der Waals surface area contributed by atoms with E-state index in [4.69, 9.17) is 9.47 Å². The number of carbonyl (C=O) groups is 2. The van der Waals surface area contributed by atoms with Gasteiger partial charge >= 0.3 is 5.97 Å². The summed E-state index contributed by atoms with van der Waals surface area (Å²) in [5.41, 5.74) is 1.90. The highest BCUT2D eigenvalue weighted by atomic mass is 16.5. The first-order chi connectivity index (χ1) is 17.4. The summed E-state index contributed by atoms with van der Waals surface area (Å²) in [5.74, 6) is -0.232. The lowest BCUT2D eigenvalue weighted by atomic mass is 10.2. The number of para-hydroxylation sites is 1. The third-order valence-corrected chi connectivity index (χ3v) is 5.65. The molecule has 0 aliphatic heterocycles. The molecule has 1 aromatic heterocycles. The molecule has 1 amide bonds. The van der Waals surface area contributed by atoms with Crippen LogP contribution in [0, 0.1) is 0 Å². The maximum Gasteiger partial charge on any atom is 0.343 e. The van der Waals surface area contributed by atoms with Gasteiger partial charge in [-0.05, 0) is 62.6 Å². The molecule has 0 fully saturated rings. The Labute approximate surface area is 209 Å². The SMILES string of the molecule is COc1ccc(-n2c(C(=O)NCC(O)CN(C)C)c(OC(=O)c3ccccc3)c3ccccc32)cc1. The summed E-state index contributed by atoms with van der Waals surface area (Å²) in [4.78, 5) is 28.4. The Balaban J connectivity index is 1.82. The van der Waals surface area contributed by atoms with E-state index in [9.17, 15) is 14.7 Å². The van der Waals surface area contributed by atoms with Crippen LogP contribution in [-0.2, 0) is 0 Å². The number of aliphatic hydroxyl groups excluding tert-OH is 1. The molecule has 0 aliphatic carbocycles. The topological polar surface area (TPSA) is 93.0 Å². The maximum absolute atomic E-state index is 13.6. The largest absolute Gasteiger partial charge is 0.497 e. The number of aliphatic hydroxyl groups is 1. The van der Waals surface area contributed by atoms with Crippen LogP contribution >= 0.6 is 0 Å². The van der Waals surface area contributed by atoms with Crippen LogP contribution in [0.2, 0.25) is 0 Å². The average molecular weight is 488 g/mol. The van der Waals surface area contributed by atoms with Crippen molar-refractivity contribution in [3.8, 4) is 17.2 Å². The van der Waals surface area contributed by atoms with Gasteiger partial charge in [-0.15, -0.1) is 0 Å². The second kappa shape index (κ2) is 11.1. The summed E-state index contributed by atoms with van der Waals surface area (Å²) in [7, 11) is 5.26. The van der Waals surface area contributed by atoms with Crippen molar-refractivity contribution >= 4 is 22.8 Å². The van der Waals surface area contributed by atoms with Crippen LogP contribution in [0.3, 0.4) is 0 Å². The summed E-state index contributed by atoms with van der Waals surface area (Å²) in [6, 6.07) is 23.2. The van der Waals surface area contributed by atoms with E-state index in [0.717, 1.165) is 0 Å². The van der Waals surface area contributed by atoms with Crippen LogP contribution in [-0.4, -0.2) is 66.8 Å². The zero-order valence-corrected chi connectivity index (χ0v) is 20.5. The van der Waals surface area contributed by atoms with Gasteiger partial charge in [-0.25, -0.2) is 4.79 Å². The summed E-state index contributed by atoms with van der Waals surface area (Å²) in [6.07, 6.45) is -0.766. The quantitative estimate of drug-likeness (QED) is 0.351. The number of rotatable bonds is 9. The van der Waals surface area contributed by atoms with E-state index in [1.807, 2.05) is 55.4 Å². The molecule has 0 saturated carbocycles. The number of benzene rings is 3. The second-order valence-electron chi connectivity index (χ2n) is 8.61. The summed E-state index contributed by atoms with van der Waals surface area (Å²) in [6.45, 7) is 0.421.